The summed E-state index contributed by atoms with van der Waals surface area (Å²) in [6.45, 7) is 5.00. The van der Waals surface area contributed by atoms with Gasteiger partial charge in [0.2, 0.25) is 0 Å². The molecule has 172 valence electrons. The number of anilines is 1. The van der Waals surface area contributed by atoms with E-state index in [0.29, 0.717) is 16.4 Å². The molecule has 9 heteroatoms. The van der Waals surface area contributed by atoms with Crippen LogP contribution >= 0.6 is 34.2 Å². The zero-order valence-corrected chi connectivity index (χ0v) is 22.1. The largest absolute Gasteiger partial charge is 0.271 e. The number of hydrogen-bond donors (Lipinski definition) is 1. The molecule has 0 radical (unpaired) electrons. The van der Waals surface area contributed by atoms with Crippen LogP contribution in [0, 0.1) is 17.4 Å². The summed E-state index contributed by atoms with van der Waals surface area (Å²) in [6.07, 6.45) is 0. The first-order valence-electron chi connectivity index (χ1n) is 10.0. The normalized spacial score (nSPS) is 11.8. The van der Waals surface area contributed by atoms with E-state index in [2.05, 4.69) is 33.1 Å². The highest BCUT2D eigenvalue weighted by Crippen LogP contribution is 2.28. The van der Waals surface area contributed by atoms with Crippen molar-refractivity contribution in [3.05, 3.63) is 92.0 Å². The standard InChI is InChI=1S/C24H23ClIN3O3S/c1-16-7-11-22(12-8-16)33(31,32)29(21-10-9-17(2)23(25)14-21)15-24(30)28-27-18(3)19-5-4-6-20(26)13-19/h4-14H,15H2,1-3H3,(H,28,30)/b27-18-. The van der Waals surface area contributed by atoms with Crippen molar-refractivity contribution in [2.75, 3.05) is 10.8 Å². The molecular weight excluding hydrogens is 573 g/mol. The van der Waals surface area contributed by atoms with Crippen LogP contribution in [-0.2, 0) is 14.8 Å². The zero-order valence-electron chi connectivity index (χ0n) is 18.3. The van der Waals surface area contributed by atoms with E-state index in [4.69, 9.17) is 11.6 Å². The summed E-state index contributed by atoms with van der Waals surface area (Å²) in [5.41, 5.74) is 5.95. The van der Waals surface area contributed by atoms with Gasteiger partial charge in [-0.15, -0.1) is 0 Å². The summed E-state index contributed by atoms with van der Waals surface area (Å²) in [6, 6.07) is 19.0. The van der Waals surface area contributed by atoms with E-state index in [1.54, 1.807) is 31.2 Å². The predicted octanol–water partition coefficient (Wildman–Crippen LogP) is 5.30. The Kier molecular flexibility index (Phi) is 8.14. The summed E-state index contributed by atoms with van der Waals surface area (Å²) in [4.78, 5) is 12.8. The number of hydrazone groups is 1. The Hall–Kier alpha value is -2.43. The zero-order chi connectivity index (χ0) is 24.2. The fraction of sp³-hybridized carbons (Fsp3) is 0.167. The second-order valence-corrected chi connectivity index (χ2v) is 11.0. The molecule has 0 aliphatic rings. The van der Waals surface area contributed by atoms with E-state index in [-0.39, 0.29) is 4.90 Å². The van der Waals surface area contributed by atoms with Gasteiger partial charge in [0.15, 0.2) is 0 Å². The van der Waals surface area contributed by atoms with Crippen LogP contribution in [-0.4, -0.2) is 26.6 Å². The number of hydrogen-bond acceptors (Lipinski definition) is 4. The summed E-state index contributed by atoms with van der Waals surface area (Å²) in [5, 5.41) is 4.55. The van der Waals surface area contributed by atoms with Crippen LogP contribution in [0.5, 0.6) is 0 Å². The van der Waals surface area contributed by atoms with Crippen molar-refractivity contribution in [2.24, 2.45) is 5.10 Å². The van der Waals surface area contributed by atoms with Crippen molar-refractivity contribution in [2.45, 2.75) is 25.7 Å². The van der Waals surface area contributed by atoms with Crippen LogP contribution in [0.25, 0.3) is 0 Å². The van der Waals surface area contributed by atoms with Gasteiger partial charge in [-0.05, 0) is 90.9 Å². The Morgan fingerprint density at radius 2 is 1.76 bits per heavy atom. The molecule has 0 saturated carbocycles. The van der Waals surface area contributed by atoms with Gasteiger partial charge in [0.05, 0.1) is 16.3 Å². The topological polar surface area (TPSA) is 78.8 Å². The first-order chi connectivity index (χ1) is 15.6. The number of aryl methyl sites for hydroxylation is 2. The minimum absolute atomic E-state index is 0.0798. The summed E-state index contributed by atoms with van der Waals surface area (Å²) in [7, 11) is -4.03. The first-order valence-corrected chi connectivity index (χ1v) is 12.9. The number of rotatable bonds is 7. The molecule has 3 aromatic rings. The molecule has 0 aliphatic carbocycles. The average molecular weight is 596 g/mol. The number of amides is 1. The number of benzene rings is 3. The van der Waals surface area contributed by atoms with Crippen LogP contribution in [0.15, 0.2) is 76.7 Å². The summed E-state index contributed by atoms with van der Waals surface area (Å²) >= 11 is 8.45. The molecule has 0 spiro atoms. The predicted molar refractivity (Wildman–Crippen MR) is 141 cm³/mol. The van der Waals surface area contributed by atoms with E-state index in [1.165, 1.54) is 18.2 Å². The first kappa shape index (κ1) is 25.2. The molecule has 0 saturated heterocycles. The number of sulfonamides is 1. The minimum atomic E-state index is -4.03. The van der Waals surface area contributed by atoms with Gasteiger partial charge in [0, 0.05) is 8.59 Å². The number of nitrogens with one attached hydrogen (secondary N) is 1. The maximum absolute atomic E-state index is 13.4. The average Bonchev–Trinajstić information content (AvgIpc) is 2.78. The molecule has 1 amide bonds. The third-order valence-electron chi connectivity index (χ3n) is 4.93. The molecule has 0 aromatic heterocycles. The van der Waals surface area contributed by atoms with Gasteiger partial charge in [-0.3, -0.25) is 9.10 Å². The monoisotopic (exact) mass is 595 g/mol. The Balaban J connectivity index is 1.91. The Morgan fingerprint density at radius 3 is 2.39 bits per heavy atom. The van der Waals surface area contributed by atoms with Crippen molar-refractivity contribution >= 4 is 61.5 Å². The lowest BCUT2D eigenvalue weighted by Gasteiger charge is -2.24. The maximum atomic E-state index is 13.4. The van der Waals surface area contributed by atoms with Crippen LogP contribution in [0.4, 0.5) is 5.69 Å². The summed E-state index contributed by atoms with van der Waals surface area (Å²) < 4.78 is 29.0. The molecular formula is C24H23ClIN3O3S. The van der Waals surface area contributed by atoms with Crippen molar-refractivity contribution in [1.82, 2.24) is 5.43 Å². The number of halogens is 2. The van der Waals surface area contributed by atoms with Crippen LogP contribution in [0.3, 0.4) is 0 Å². The summed E-state index contributed by atoms with van der Waals surface area (Å²) in [5.74, 6) is -0.577. The lowest BCUT2D eigenvalue weighted by atomic mass is 10.1. The molecule has 33 heavy (non-hydrogen) atoms. The van der Waals surface area contributed by atoms with Gasteiger partial charge in [-0.2, -0.15) is 5.10 Å². The van der Waals surface area contributed by atoms with Gasteiger partial charge in [0.1, 0.15) is 6.54 Å². The molecule has 0 bridgehead atoms. The Bertz CT molecular complexity index is 1310. The maximum Gasteiger partial charge on any atom is 0.264 e. The van der Waals surface area contributed by atoms with E-state index in [9.17, 15) is 13.2 Å². The lowest BCUT2D eigenvalue weighted by molar-refractivity contribution is -0.119. The van der Waals surface area contributed by atoms with Crippen molar-refractivity contribution in [1.29, 1.82) is 0 Å². The fourth-order valence-corrected chi connectivity index (χ4v) is 5.11. The molecule has 0 atom stereocenters. The molecule has 3 aromatic carbocycles. The Morgan fingerprint density at radius 1 is 1.06 bits per heavy atom. The van der Waals surface area contributed by atoms with Crippen LogP contribution in [0.1, 0.15) is 23.6 Å². The number of nitrogens with zero attached hydrogens (tertiary/aromatic N) is 2. The molecule has 1 N–H and O–H groups in total. The van der Waals surface area contributed by atoms with Crippen molar-refractivity contribution < 1.29 is 13.2 Å². The smallest absolute Gasteiger partial charge is 0.264 e. The number of carbonyl (C=O) groups excluding carboxylic acids is 1. The van der Waals surface area contributed by atoms with E-state index < -0.39 is 22.5 Å². The Labute approximate surface area is 212 Å². The van der Waals surface area contributed by atoms with Gasteiger partial charge in [0.25, 0.3) is 15.9 Å². The second-order valence-electron chi connectivity index (χ2n) is 7.50. The molecule has 0 unspecified atom stereocenters. The molecule has 0 fully saturated rings. The van der Waals surface area contributed by atoms with Gasteiger partial charge in [-0.1, -0.05) is 47.5 Å². The van der Waals surface area contributed by atoms with E-state index >= 15 is 0 Å². The van der Waals surface area contributed by atoms with Crippen molar-refractivity contribution in [3.63, 3.8) is 0 Å². The SMILES string of the molecule is C/C(=N/NC(=O)CN(c1ccc(C)c(Cl)c1)S(=O)(=O)c1ccc(C)cc1)c1cccc(I)c1. The van der Waals surface area contributed by atoms with Gasteiger partial charge < -0.3 is 0 Å². The fourth-order valence-electron chi connectivity index (χ4n) is 2.98. The highest BCUT2D eigenvalue weighted by molar-refractivity contribution is 14.1. The molecule has 0 aliphatic heterocycles. The highest BCUT2D eigenvalue weighted by Gasteiger charge is 2.27. The van der Waals surface area contributed by atoms with Gasteiger partial charge in [-0.25, -0.2) is 13.8 Å². The lowest BCUT2D eigenvalue weighted by Crippen LogP contribution is -2.39. The molecule has 3 rings (SSSR count). The van der Waals surface area contributed by atoms with Crippen molar-refractivity contribution in [3.8, 4) is 0 Å². The quantitative estimate of drug-likeness (QED) is 0.229. The second kappa shape index (κ2) is 10.7. The van der Waals surface area contributed by atoms with E-state index in [1.807, 2.05) is 38.1 Å². The third-order valence-corrected chi connectivity index (χ3v) is 7.80. The van der Waals surface area contributed by atoms with Crippen LogP contribution < -0.4 is 9.73 Å². The molecule has 6 nitrogen and oxygen atoms in total. The number of carbonyl (C=O) groups is 1. The molecule has 0 heterocycles. The minimum Gasteiger partial charge on any atom is -0.271 e. The van der Waals surface area contributed by atoms with Crippen LogP contribution in [0.2, 0.25) is 5.02 Å². The third kappa shape index (κ3) is 6.33. The van der Waals surface area contributed by atoms with E-state index in [0.717, 1.165) is 24.6 Å². The highest BCUT2D eigenvalue weighted by atomic mass is 127. The van der Waals surface area contributed by atoms with Gasteiger partial charge >= 0.3 is 0 Å².